The standard InChI is InChI=1S/C18H22N2O3S/c1-3-13(4-2)18(16-10-7-11-24-16)19-17(21)12-14-8-5-6-9-15(14)20(22)23/h5-11,13,18H,3-4,12H2,1-2H3,(H,19,21). The first-order valence-corrected chi connectivity index (χ1v) is 8.99. The van der Waals surface area contributed by atoms with Crippen molar-refractivity contribution in [2.75, 3.05) is 0 Å². The van der Waals surface area contributed by atoms with Gasteiger partial charge in [-0.05, 0) is 17.4 Å². The van der Waals surface area contributed by atoms with E-state index in [9.17, 15) is 14.9 Å². The second kappa shape index (κ2) is 8.59. The topological polar surface area (TPSA) is 72.2 Å². The average molecular weight is 346 g/mol. The molecule has 1 amide bonds. The second-order valence-electron chi connectivity index (χ2n) is 5.70. The van der Waals surface area contributed by atoms with E-state index in [4.69, 9.17) is 0 Å². The minimum absolute atomic E-state index is 0.0112. The maximum atomic E-state index is 12.5. The van der Waals surface area contributed by atoms with E-state index in [-0.39, 0.29) is 24.1 Å². The Hall–Kier alpha value is -2.21. The van der Waals surface area contributed by atoms with Crippen LogP contribution in [0.1, 0.15) is 43.2 Å². The van der Waals surface area contributed by atoms with Crippen molar-refractivity contribution in [2.45, 2.75) is 39.2 Å². The predicted octanol–water partition coefficient (Wildman–Crippen LogP) is 4.49. The number of carbonyl (C=O) groups excluding carboxylic acids is 1. The SMILES string of the molecule is CCC(CC)C(NC(=O)Cc1ccccc1[N+](=O)[O-])c1cccs1. The summed E-state index contributed by atoms with van der Waals surface area (Å²) in [6.45, 7) is 4.23. The van der Waals surface area contributed by atoms with Crippen molar-refractivity contribution in [1.82, 2.24) is 5.32 Å². The van der Waals surface area contributed by atoms with Gasteiger partial charge in [0.25, 0.3) is 5.69 Å². The smallest absolute Gasteiger partial charge is 0.273 e. The molecule has 0 spiro atoms. The molecule has 24 heavy (non-hydrogen) atoms. The van der Waals surface area contributed by atoms with Gasteiger partial charge in [-0.2, -0.15) is 0 Å². The zero-order valence-corrected chi connectivity index (χ0v) is 14.7. The summed E-state index contributed by atoms with van der Waals surface area (Å²) in [6.07, 6.45) is 1.94. The molecule has 1 heterocycles. The Bertz CT molecular complexity index is 681. The zero-order chi connectivity index (χ0) is 17.5. The fourth-order valence-electron chi connectivity index (χ4n) is 2.89. The molecule has 0 bridgehead atoms. The van der Waals surface area contributed by atoms with Gasteiger partial charge in [0, 0.05) is 16.5 Å². The van der Waals surface area contributed by atoms with Crippen molar-refractivity contribution in [2.24, 2.45) is 5.92 Å². The van der Waals surface area contributed by atoms with Crippen LogP contribution in [0.4, 0.5) is 5.69 Å². The Morgan fingerprint density at radius 1 is 1.21 bits per heavy atom. The molecule has 1 aromatic carbocycles. The lowest BCUT2D eigenvalue weighted by atomic mass is 9.92. The van der Waals surface area contributed by atoms with Gasteiger partial charge in [-0.15, -0.1) is 11.3 Å². The monoisotopic (exact) mass is 346 g/mol. The molecule has 2 aromatic rings. The molecule has 128 valence electrons. The summed E-state index contributed by atoms with van der Waals surface area (Å²) in [5.74, 6) is 0.160. The first-order valence-electron chi connectivity index (χ1n) is 8.11. The fraction of sp³-hybridized carbons (Fsp3) is 0.389. The van der Waals surface area contributed by atoms with Crippen LogP contribution < -0.4 is 5.32 Å². The predicted molar refractivity (Wildman–Crippen MR) is 96.1 cm³/mol. The molecule has 0 aliphatic rings. The zero-order valence-electron chi connectivity index (χ0n) is 13.9. The molecular weight excluding hydrogens is 324 g/mol. The summed E-state index contributed by atoms with van der Waals surface area (Å²) in [5.41, 5.74) is 0.428. The van der Waals surface area contributed by atoms with Gasteiger partial charge < -0.3 is 5.32 Å². The third-order valence-electron chi connectivity index (χ3n) is 4.23. The highest BCUT2D eigenvalue weighted by molar-refractivity contribution is 7.10. The molecule has 0 fully saturated rings. The minimum Gasteiger partial charge on any atom is -0.348 e. The van der Waals surface area contributed by atoms with Crippen molar-refractivity contribution in [3.63, 3.8) is 0 Å². The van der Waals surface area contributed by atoms with Crippen molar-refractivity contribution in [3.05, 3.63) is 62.3 Å². The van der Waals surface area contributed by atoms with Gasteiger partial charge in [-0.3, -0.25) is 14.9 Å². The van der Waals surface area contributed by atoms with Crippen LogP contribution in [0.3, 0.4) is 0 Å². The van der Waals surface area contributed by atoms with E-state index in [2.05, 4.69) is 19.2 Å². The summed E-state index contributed by atoms with van der Waals surface area (Å²) in [4.78, 5) is 24.3. The summed E-state index contributed by atoms with van der Waals surface area (Å²) in [6, 6.07) is 10.3. The molecule has 0 aliphatic carbocycles. The third kappa shape index (κ3) is 4.41. The van der Waals surface area contributed by atoms with Crippen LogP contribution >= 0.6 is 11.3 Å². The van der Waals surface area contributed by atoms with Gasteiger partial charge in [-0.25, -0.2) is 0 Å². The van der Waals surface area contributed by atoms with Crippen LogP contribution in [-0.2, 0) is 11.2 Å². The lowest BCUT2D eigenvalue weighted by molar-refractivity contribution is -0.385. The van der Waals surface area contributed by atoms with Gasteiger partial charge in [0.2, 0.25) is 5.91 Å². The minimum atomic E-state index is -0.444. The Labute approximate surface area is 145 Å². The van der Waals surface area contributed by atoms with Crippen LogP contribution in [0.25, 0.3) is 0 Å². The Kier molecular flexibility index (Phi) is 6.49. The van der Waals surface area contributed by atoms with E-state index < -0.39 is 4.92 Å². The maximum Gasteiger partial charge on any atom is 0.273 e. The molecule has 0 radical (unpaired) electrons. The normalized spacial score (nSPS) is 12.1. The molecule has 5 nitrogen and oxygen atoms in total. The van der Waals surface area contributed by atoms with Gasteiger partial charge in [-0.1, -0.05) is 51.0 Å². The van der Waals surface area contributed by atoms with E-state index in [1.54, 1.807) is 29.5 Å². The van der Waals surface area contributed by atoms with Crippen LogP contribution in [0, 0.1) is 16.0 Å². The molecule has 0 saturated carbocycles. The number of benzene rings is 1. The molecule has 1 atom stereocenters. The summed E-state index contributed by atoms with van der Waals surface area (Å²) in [5, 5.41) is 16.2. The first-order chi connectivity index (χ1) is 11.6. The van der Waals surface area contributed by atoms with Gasteiger partial charge >= 0.3 is 0 Å². The number of nitrogens with one attached hydrogen (secondary N) is 1. The Morgan fingerprint density at radius 2 is 1.92 bits per heavy atom. The number of amides is 1. The van der Waals surface area contributed by atoms with Crippen molar-refractivity contribution in [1.29, 1.82) is 0 Å². The molecule has 2 rings (SSSR count). The van der Waals surface area contributed by atoms with Gasteiger partial charge in [0.05, 0.1) is 17.4 Å². The van der Waals surface area contributed by atoms with Crippen LogP contribution in [0.5, 0.6) is 0 Å². The number of nitro benzene ring substituents is 1. The van der Waals surface area contributed by atoms with Gasteiger partial charge in [0.15, 0.2) is 0 Å². The van der Waals surface area contributed by atoms with Crippen LogP contribution in [0.15, 0.2) is 41.8 Å². The largest absolute Gasteiger partial charge is 0.348 e. The van der Waals surface area contributed by atoms with Gasteiger partial charge in [0.1, 0.15) is 0 Å². The number of nitrogens with zero attached hydrogens (tertiary/aromatic N) is 1. The van der Waals surface area contributed by atoms with E-state index in [0.717, 1.165) is 17.7 Å². The summed E-state index contributed by atoms with van der Waals surface area (Å²) in [7, 11) is 0. The lowest BCUT2D eigenvalue weighted by Crippen LogP contribution is -2.33. The highest BCUT2D eigenvalue weighted by atomic mass is 32.1. The number of hydrogen-bond donors (Lipinski definition) is 1. The highest BCUT2D eigenvalue weighted by Crippen LogP contribution is 2.30. The summed E-state index contributed by atoms with van der Waals surface area (Å²) < 4.78 is 0. The second-order valence-corrected chi connectivity index (χ2v) is 6.68. The maximum absolute atomic E-state index is 12.5. The first kappa shape index (κ1) is 18.1. The number of nitro groups is 1. The Morgan fingerprint density at radius 3 is 2.50 bits per heavy atom. The van der Waals surface area contributed by atoms with Crippen LogP contribution in [-0.4, -0.2) is 10.8 Å². The number of thiophene rings is 1. The number of rotatable bonds is 8. The number of carbonyl (C=O) groups is 1. The number of para-hydroxylation sites is 1. The van der Waals surface area contributed by atoms with E-state index in [1.165, 1.54) is 6.07 Å². The molecule has 1 unspecified atom stereocenters. The van der Waals surface area contributed by atoms with Crippen molar-refractivity contribution in [3.8, 4) is 0 Å². The van der Waals surface area contributed by atoms with E-state index in [0.29, 0.717) is 11.5 Å². The fourth-order valence-corrected chi connectivity index (χ4v) is 3.75. The number of hydrogen-bond acceptors (Lipinski definition) is 4. The van der Waals surface area contributed by atoms with E-state index in [1.807, 2.05) is 17.5 Å². The molecule has 0 saturated heterocycles. The molecule has 1 aromatic heterocycles. The molecule has 1 N–H and O–H groups in total. The molecule has 0 aliphatic heterocycles. The quantitative estimate of drug-likeness (QED) is 0.565. The Balaban J connectivity index is 2.15. The third-order valence-corrected chi connectivity index (χ3v) is 5.18. The molecule has 6 heteroatoms. The summed E-state index contributed by atoms with van der Waals surface area (Å²) >= 11 is 1.62. The van der Waals surface area contributed by atoms with Crippen molar-refractivity contribution < 1.29 is 9.72 Å². The van der Waals surface area contributed by atoms with Crippen LogP contribution in [0.2, 0.25) is 0 Å². The average Bonchev–Trinajstić information content (AvgIpc) is 3.09. The van der Waals surface area contributed by atoms with Crippen molar-refractivity contribution >= 4 is 22.9 Å². The lowest BCUT2D eigenvalue weighted by Gasteiger charge is -2.25. The molecular formula is C18H22N2O3S. The highest BCUT2D eigenvalue weighted by Gasteiger charge is 2.24. The van der Waals surface area contributed by atoms with E-state index >= 15 is 0 Å².